The number of aldehydes is 1. The van der Waals surface area contributed by atoms with Gasteiger partial charge in [-0.2, -0.15) is 5.10 Å². The summed E-state index contributed by atoms with van der Waals surface area (Å²) in [7, 11) is 0. The molecule has 182 valence electrons. The summed E-state index contributed by atoms with van der Waals surface area (Å²) in [6.07, 6.45) is 6.31. The van der Waals surface area contributed by atoms with Gasteiger partial charge in [0.25, 0.3) is 5.91 Å². The molecule has 0 spiro atoms. The molecular weight excluding hydrogens is 456 g/mol. The van der Waals surface area contributed by atoms with Gasteiger partial charge < -0.3 is 5.32 Å². The Hall–Kier alpha value is -4.44. The number of hydrogen-bond donors (Lipinski definition) is 2. The number of amides is 1. The van der Waals surface area contributed by atoms with E-state index < -0.39 is 0 Å². The van der Waals surface area contributed by atoms with Crippen LogP contribution in [-0.4, -0.2) is 66.9 Å². The molecule has 10 heteroatoms. The third-order valence-electron chi connectivity index (χ3n) is 6.24. The molecule has 1 aliphatic heterocycles. The lowest BCUT2D eigenvalue weighted by Gasteiger charge is -2.30. The Kier molecular flexibility index (Phi) is 6.76. The highest BCUT2D eigenvalue weighted by molar-refractivity contribution is 6.03. The van der Waals surface area contributed by atoms with E-state index in [0.717, 1.165) is 49.3 Å². The molecule has 0 unspecified atom stereocenters. The van der Waals surface area contributed by atoms with Crippen LogP contribution in [0.3, 0.4) is 0 Å². The van der Waals surface area contributed by atoms with Crippen molar-refractivity contribution in [1.82, 2.24) is 35.1 Å². The monoisotopic (exact) mass is 482 g/mol. The van der Waals surface area contributed by atoms with Gasteiger partial charge in [0.05, 0.1) is 29.0 Å². The van der Waals surface area contributed by atoms with Crippen molar-refractivity contribution in [2.45, 2.75) is 18.8 Å². The van der Waals surface area contributed by atoms with Crippen LogP contribution < -0.4 is 5.32 Å². The minimum atomic E-state index is -0.309. The Bertz CT molecular complexity index is 1370. The molecule has 3 aromatic heterocycles. The number of piperidine rings is 1. The van der Waals surface area contributed by atoms with Gasteiger partial charge in [-0.25, -0.2) is 9.67 Å². The minimum absolute atomic E-state index is 0.304. The number of pyridine rings is 1. The van der Waals surface area contributed by atoms with Crippen LogP contribution in [0.25, 0.3) is 17.1 Å². The second-order valence-corrected chi connectivity index (χ2v) is 8.80. The van der Waals surface area contributed by atoms with E-state index in [-0.39, 0.29) is 5.91 Å². The van der Waals surface area contributed by atoms with Crippen LogP contribution in [0, 0.1) is 0 Å². The molecule has 0 radical (unpaired) electrons. The topological polar surface area (TPSA) is 122 Å². The highest BCUT2D eigenvalue weighted by Crippen LogP contribution is 2.27. The zero-order valence-electron chi connectivity index (χ0n) is 19.7. The molecular formula is C26H26N8O2. The molecule has 1 saturated heterocycles. The number of hydrogen-bond acceptors (Lipinski definition) is 7. The molecule has 0 bridgehead atoms. The number of aromatic amines is 1. The first-order valence-corrected chi connectivity index (χ1v) is 11.7. The fraction of sp³-hybridized carbons (Fsp3) is 0.231. The molecule has 1 fully saturated rings. The molecule has 4 aromatic rings. The first kappa shape index (κ1) is 23.3. The molecule has 1 aliphatic rings. The fourth-order valence-electron chi connectivity index (χ4n) is 4.33. The maximum Gasteiger partial charge on any atom is 0.274 e. The average Bonchev–Trinajstić information content (AvgIpc) is 3.62. The van der Waals surface area contributed by atoms with Gasteiger partial charge in [0.15, 0.2) is 0 Å². The van der Waals surface area contributed by atoms with Gasteiger partial charge in [-0.15, -0.1) is 5.10 Å². The molecule has 36 heavy (non-hydrogen) atoms. The summed E-state index contributed by atoms with van der Waals surface area (Å²) < 4.78 is 1.72. The molecule has 1 aromatic carbocycles. The minimum Gasteiger partial charge on any atom is -0.321 e. The number of aromatic nitrogens is 6. The standard InChI is InChI=1S/C26H26N8O2/c1-18(17-35)15-33-12-9-19(10-13-33)25-16-34(32-31-25)21-5-2-4-20(14-21)28-26(36)24-7-3-6-22(29-24)23-8-11-27-30-23/h2-8,11,14,16-17,19H,1,9-10,12-13,15H2,(H,27,30)(H,28,36). The maximum absolute atomic E-state index is 12.8. The molecule has 4 heterocycles. The fourth-order valence-corrected chi connectivity index (χ4v) is 4.33. The number of nitrogens with one attached hydrogen (secondary N) is 2. The van der Waals surface area contributed by atoms with Crippen molar-refractivity contribution < 1.29 is 9.59 Å². The molecule has 10 nitrogen and oxygen atoms in total. The second-order valence-electron chi connectivity index (χ2n) is 8.80. The lowest BCUT2D eigenvalue weighted by molar-refractivity contribution is -0.105. The van der Waals surface area contributed by atoms with E-state index in [0.29, 0.717) is 35.1 Å². The normalized spacial score (nSPS) is 14.4. The number of carbonyl (C=O) groups is 2. The number of H-pyrrole nitrogens is 1. The first-order valence-electron chi connectivity index (χ1n) is 11.7. The lowest BCUT2D eigenvalue weighted by Crippen LogP contribution is -2.34. The zero-order chi connectivity index (χ0) is 24.9. The molecule has 2 N–H and O–H groups in total. The number of likely N-dealkylation sites (tertiary alicyclic amines) is 1. The Morgan fingerprint density at radius 1 is 1.17 bits per heavy atom. The second kappa shape index (κ2) is 10.4. The van der Waals surface area contributed by atoms with Gasteiger partial charge in [0.2, 0.25) is 0 Å². The summed E-state index contributed by atoms with van der Waals surface area (Å²) in [6, 6.07) is 14.5. The summed E-state index contributed by atoms with van der Waals surface area (Å²) in [4.78, 5) is 30.4. The molecule has 0 saturated carbocycles. The highest BCUT2D eigenvalue weighted by atomic mass is 16.1. The predicted molar refractivity (Wildman–Crippen MR) is 135 cm³/mol. The van der Waals surface area contributed by atoms with Crippen molar-refractivity contribution in [1.29, 1.82) is 0 Å². The van der Waals surface area contributed by atoms with Crippen LogP contribution in [0.1, 0.15) is 34.9 Å². The Morgan fingerprint density at radius 2 is 2.00 bits per heavy atom. The maximum atomic E-state index is 12.8. The third-order valence-corrected chi connectivity index (χ3v) is 6.24. The summed E-state index contributed by atoms with van der Waals surface area (Å²) >= 11 is 0. The van der Waals surface area contributed by atoms with E-state index in [9.17, 15) is 9.59 Å². The molecule has 0 atom stereocenters. The van der Waals surface area contributed by atoms with Crippen molar-refractivity contribution in [3.8, 4) is 17.1 Å². The summed E-state index contributed by atoms with van der Waals surface area (Å²) in [6.45, 7) is 6.17. The van der Waals surface area contributed by atoms with E-state index >= 15 is 0 Å². The van der Waals surface area contributed by atoms with Crippen LogP contribution in [0.2, 0.25) is 0 Å². The third kappa shape index (κ3) is 5.28. The van der Waals surface area contributed by atoms with E-state index in [1.54, 1.807) is 29.1 Å². The van der Waals surface area contributed by atoms with Gasteiger partial charge in [0, 0.05) is 24.3 Å². The lowest BCUT2D eigenvalue weighted by atomic mass is 9.94. The average molecular weight is 483 g/mol. The molecule has 0 aliphatic carbocycles. The smallest absolute Gasteiger partial charge is 0.274 e. The van der Waals surface area contributed by atoms with Gasteiger partial charge in [-0.1, -0.05) is 23.9 Å². The number of benzene rings is 1. The van der Waals surface area contributed by atoms with Gasteiger partial charge in [0.1, 0.15) is 12.0 Å². The van der Waals surface area contributed by atoms with Crippen molar-refractivity contribution in [2.75, 3.05) is 25.0 Å². The first-order chi connectivity index (χ1) is 17.6. The van der Waals surface area contributed by atoms with Crippen LogP contribution in [0.5, 0.6) is 0 Å². The predicted octanol–water partition coefficient (Wildman–Crippen LogP) is 3.24. The Balaban J connectivity index is 1.24. The van der Waals surface area contributed by atoms with Gasteiger partial charge in [-0.05, 0) is 67.9 Å². The number of anilines is 1. The van der Waals surface area contributed by atoms with Gasteiger partial charge in [-0.3, -0.25) is 19.6 Å². The highest BCUT2D eigenvalue weighted by Gasteiger charge is 2.23. The van der Waals surface area contributed by atoms with Crippen molar-refractivity contribution in [3.63, 3.8) is 0 Å². The molecule has 5 rings (SSSR count). The van der Waals surface area contributed by atoms with E-state index in [4.69, 9.17) is 0 Å². The SMILES string of the molecule is C=C(C=O)CN1CCC(c2cn(-c3cccc(NC(=O)c4cccc(-c5ccn[nH]5)n4)c3)nn2)CC1. The van der Waals surface area contributed by atoms with E-state index in [1.807, 2.05) is 36.5 Å². The van der Waals surface area contributed by atoms with Crippen molar-refractivity contribution >= 4 is 17.9 Å². The van der Waals surface area contributed by atoms with Crippen LogP contribution >= 0.6 is 0 Å². The van der Waals surface area contributed by atoms with E-state index in [2.05, 4.69) is 42.3 Å². The van der Waals surface area contributed by atoms with Crippen molar-refractivity contribution in [2.24, 2.45) is 0 Å². The van der Waals surface area contributed by atoms with Crippen LogP contribution in [-0.2, 0) is 4.79 Å². The quantitative estimate of drug-likeness (QED) is 0.292. The largest absolute Gasteiger partial charge is 0.321 e. The van der Waals surface area contributed by atoms with Crippen molar-refractivity contribution in [3.05, 3.63) is 84.5 Å². The Labute approximate surface area is 208 Å². The van der Waals surface area contributed by atoms with E-state index in [1.165, 1.54) is 0 Å². The van der Waals surface area contributed by atoms with Crippen LogP contribution in [0.4, 0.5) is 5.69 Å². The van der Waals surface area contributed by atoms with Gasteiger partial charge >= 0.3 is 0 Å². The van der Waals surface area contributed by atoms with Crippen LogP contribution in [0.15, 0.2) is 73.1 Å². The number of carbonyl (C=O) groups excluding carboxylic acids is 2. The number of rotatable bonds is 8. The summed E-state index contributed by atoms with van der Waals surface area (Å²) in [5.41, 5.74) is 4.66. The Morgan fingerprint density at radius 3 is 2.78 bits per heavy atom. The summed E-state index contributed by atoms with van der Waals surface area (Å²) in [5.74, 6) is 0.00687. The summed E-state index contributed by atoms with van der Waals surface area (Å²) in [5, 5.41) is 18.4. The number of nitrogens with zero attached hydrogens (tertiary/aromatic N) is 6. The zero-order valence-corrected chi connectivity index (χ0v) is 19.7. The molecule has 1 amide bonds.